The Morgan fingerprint density at radius 1 is 1.38 bits per heavy atom. The molecule has 0 saturated carbocycles. The number of hydroxylamine groups is 2. The summed E-state index contributed by atoms with van der Waals surface area (Å²) in [6.45, 7) is 4.04. The lowest BCUT2D eigenvalue weighted by atomic mass is 10.2. The molecule has 1 fully saturated rings. The van der Waals surface area contributed by atoms with Crippen LogP contribution < -0.4 is 4.84 Å². The van der Waals surface area contributed by atoms with Crippen molar-refractivity contribution in [1.29, 1.82) is 0 Å². The molecule has 0 bridgehead atoms. The maximum atomic E-state index is 5.97. The van der Waals surface area contributed by atoms with Crippen LogP contribution in [0.3, 0.4) is 0 Å². The predicted molar refractivity (Wildman–Crippen MR) is 53.0 cm³/mol. The topological polar surface area (TPSA) is 12.5 Å². The van der Waals surface area contributed by atoms with Crippen LogP contribution in [0.25, 0.3) is 0 Å². The number of benzene rings is 1. The lowest BCUT2D eigenvalue weighted by molar-refractivity contribution is -0.107. The van der Waals surface area contributed by atoms with E-state index in [9.17, 15) is 0 Å². The van der Waals surface area contributed by atoms with E-state index >= 15 is 0 Å². The highest BCUT2D eigenvalue weighted by Crippen LogP contribution is 2.27. The van der Waals surface area contributed by atoms with E-state index in [0.717, 1.165) is 18.8 Å². The van der Waals surface area contributed by atoms with Gasteiger partial charge >= 0.3 is 0 Å². The first kappa shape index (κ1) is 8.85. The van der Waals surface area contributed by atoms with Crippen molar-refractivity contribution in [2.45, 2.75) is 13.3 Å². The molecule has 1 aromatic carbocycles. The number of hydrogen-bond donors (Lipinski definition) is 0. The van der Waals surface area contributed by atoms with E-state index in [0.29, 0.717) is 5.02 Å². The third kappa shape index (κ3) is 1.95. The second kappa shape index (κ2) is 3.56. The van der Waals surface area contributed by atoms with E-state index in [1.807, 2.05) is 30.2 Å². The number of aryl methyl sites for hydroxylation is 1. The van der Waals surface area contributed by atoms with E-state index in [1.54, 1.807) is 0 Å². The molecule has 1 saturated heterocycles. The van der Waals surface area contributed by atoms with Crippen LogP contribution in [0.2, 0.25) is 5.02 Å². The molecule has 0 radical (unpaired) electrons. The van der Waals surface area contributed by atoms with Crippen molar-refractivity contribution in [2.75, 3.05) is 13.1 Å². The summed E-state index contributed by atoms with van der Waals surface area (Å²) in [7, 11) is 0. The molecule has 0 aliphatic carbocycles. The third-order valence-corrected chi connectivity index (χ3v) is 2.44. The summed E-state index contributed by atoms with van der Waals surface area (Å²) in [6.07, 6.45) is 1.21. The van der Waals surface area contributed by atoms with Crippen LogP contribution in [0, 0.1) is 6.92 Å². The van der Waals surface area contributed by atoms with Gasteiger partial charge in [0.2, 0.25) is 0 Å². The van der Waals surface area contributed by atoms with Gasteiger partial charge < -0.3 is 4.84 Å². The van der Waals surface area contributed by atoms with Crippen molar-refractivity contribution in [3.8, 4) is 5.75 Å². The van der Waals surface area contributed by atoms with Crippen LogP contribution in [0.5, 0.6) is 5.75 Å². The molecule has 1 heterocycles. The molecule has 0 atom stereocenters. The zero-order valence-corrected chi connectivity index (χ0v) is 8.34. The first-order valence-electron chi connectivity index (χ1n) is 4.45. The average molecular weight is 198 g/mol. The van der Waals surface area contributed by atoms with Gasteiger partial charge in [-0.3, -0.25) is 0 Å². The number of hydrogen-bond acceptors (Lipinski definition) is 2. The predicted octanol–water partition coefficient (Wildman–Crippen LogP) is 2.65. The van der Waals surface area contributed by atoms with E-state index < -0.39 is 0 Å². The summed E-state index contributed by atoms with van der Waals surface area (Å²) >= 11 is 5.97. The van der Waals surface area contributed by atoms with Gasteiger partial charge in [0.15, 0.2) is 5.75 Å². The fourth-order valence-corrected chi connectivity index (χ4v) is 1.35. The van der Waals surface area contributed by atoms with Gasteiger partial charge in [-0.2, -0.15) is 0 Å². The molecule has 2 rings (SSSR count). The Hall–Kier alpha value is -0.730. The maximum absolute atomic E-state index is 5.97. The fourth-order valence-electron chi connectivity index (χ4n) is 1.20. The van der Waals surface area contributed by atoms with Crippen molar-refractivity contribution >= 4 is 11.6 Å². The highest BCUT2D eigenvalue weighted by molar-refractivity contribution is 6.32. The molecule has 0 amide bonds. The van der Waals surface area contributed by atoms with Gasteiger partial charge in [-0.15, -0.1) is 5.06 Å². The van der Waals surface area contributed by atoms with Crippen molar-refractivity contribution in [1.82, 2.24) is 5.06 Å². The number of rotatable bonds is 2. The van der Waals surface area contributed by atoms with Crippen molar-refractivity contribution in [3.05, 3.63) is 28.8 Å². The average Bonchev–Trinajstić information content (AvgIpc) is 2.03. The largest absolute Gasteiger partial charge is 0.404 e. The smallest absolute Gasteiger partial charge is 0.166 e. The SMILES string of the molecule is Cc1ccc(Cl)c(ON2CCC2)c1. The monoisotopic (exact) mass is 197 g/mol. The van der Waals surface area contributed by atoms with E-state index in [4.69, 9.17) is 16.4 Å². The van der Waals surface area contributed by atoms with Crippen LogP contribution in [0.1, 0.15) is 12.0 Å². The van der Waals surface area contributed by atoms with E-state index in [1.165, 1.54) is 12.0 Å². The summed E-state index contributed by atoms with van der Waals surface area (Å²) < 4.78 is 0. The summed E-state index contributed by atoms with van der Waals surface area (Å²) in [4.78, 5) is 5.56. The van der Waals surface area contributed by atoms with Gasteiger partial charge in [0.05, 0.1) is 5.02 Å². The molecule has 2 nitrogen and oxygen atoms in total. The van der Waals surface area contributed by atoms with E-state index in [2.05, 4.69) is 0 Å². The van der Waals surface area contributed by atoms with Gasteiger partial charge in [-0.25, -0.2) is 0 Å². The molecule has 1 aromatic rings. The van der Waals surface area contributed by atoms with Crippen LogP contribution in [-0.4, -0.2) is 18.2 Å². The van der Waals surface area contributed by atoms with Crippen LogP contribution in [0.4, 0.5) is 0 Å². The molecule has 1 aliphatic heterocycles. The molecule has 0 unspecified atom stereocenters. The minimum Gasteiger partial charge on any atom is -0.404 e. The minimum atomic E-state index is 0.678. The molecule has 0 spiro atoms. The van der Waals surface area contributed by atoms with Gasteiger partial charge in [0, 0.05) is 13.1 Å². The second-order valence-electron chi connectivity index (χ2n) is 3.31. The Morgan fingerprint density at radius 2 is 2.15 bits per heavy atom. The Balaban J connectivity index is 2.13. The lowest BCUT2D eigenvalue weighted by Crippen LogP contribution is -2.39. The van der Waals surface area contributed by atoms with Crippen LogP contribution in [-0.2, 0) is 0 Å². The fraction of sp³-hybridized carbons (Fsp3) is 0.400. The quantitative estimate of drug-likeness (QED) is 0.723. The van der Waals surface area contributed by atoms with Crippen molar-refractivity contribution in [3.63, 3.8) is 0 Å². The van der Waals surface area contributed by atoms with Gasteiger partial charge in [0.25, 0.3) is 0 Å². The molecule has 3 heteroatoms. The molecular weight excluding hydrogens is 186 g/mol. The summed E-state index contributed by atoms with van der Waals surface area (Å²) in [5, 5.41) is 2.60. The normalized spacial score (nSPS) is 16.8. The Morgan fingerprint density at radius 3 is 2.77 bits per heavy atom. The first-order valence-corrected chi connectivity index (χ1v) is 4.82. The second-order valence-corrected chi connectivity index (χ2v) is 3.71. The van der Waals surface area contributed by atoms with E-state index in [-0.39, 0.29) is 0 Å². The van der Waals surface area contributed by atoms with Gasteiger partial charge in [-0.1, -0.05) is 17.7 Å². The Kier molecular flexibility index (Phi) is 2.42. The molecular formula is C10H12ClNO. The summed E-state index contributed by atoms with van der Waals surface area (Å²) in [5.74, 6) is 0.765. The zero-order valence-electron chi connectivity index (χ0n) is 7.59. The molecule has 0 aromatic heterocycles. The minimum absolute atomic E-state index is 0.678. The van der Waals surface area contributed by atoms with Crippen LogP contribution in [0.15, 0.2) is 18.2 Å². The highest BCUT2D eigenvalue weighted by Gasteiger charge is 2.16. The first-order chi connectivity index (χ1) is 6.25. The lowest BCUT2D eigenvalue weighted by Gasteiger charge is -2.30. The number of halogens is 1. The molecule has 1 aliphatic rings. The van der Waals surface area contributed by atoms with Gasteiger partial charge in [0.1, 0.15) is 0 Å². The highest BCUT2D eigenvalue weighted by atomic mass is 35.5. The molecule has 70 valence electrons. The summed E-state index contributed by atoms with van der Waals surface area (Å²) in [6, 6.07) is 5.80. The number of nitrogens with zero attached hydrogens (tertiary/aromatic N) is 1. The van der Waals surface area contributed by atoms with Crippen LogP contribution >= 0.6 is 11.6 Å². The summed E-state index contributed by atoms with van der Waals surface area (Å²) in [5.41, 5.74) is 1.17. The van der Waals surface area contributed by atoms with Gasteiger partial charge in [-0.05, 0) is 31.0 Å². The molecule has 13 heavy (non-hydrogen) atoms. The Labute approximate surface area is 83.0 Å². The molecule has 0 N–H and O–H groups in total. The zero-order chi connectivity index (χ0) is 9.26. The Bertz CT molecular complexity index is 310. The third-order valence-electron chi connectivity index (χ3n) is 2.13. The maximum Gasteiger partial charge on any atom is 0.166 e. The van der Waals surface area contributed by atoms with Crippen molar-refractivity contribution in [2.24, 2.45) is 0 Å². The standard InChI is InChI=1S/C10H12ClNO/c1-8-3-4-9(11)10(7-8)13-12-5-2-6-12/h3-4,7H,2,5-6H2,1H3. The van der Waals surface area contributed by atoms with Crippen molar-refractivity contribution < 1.29 is 4.84 Å².